The minimum atomic E-state index is -0.192. The van der Waals surface area contributed by atoms with Gasteiger partial charge in [0.05, 0.1) is 10.2 Å². The largest absolute Gasteiger partial charge is 0.368 e. The standard InChI is InChI=1S/C22H20FN5S/c23-16-1-5-18(6-2-16)27-10-12-28(13-11-27)19-7-3-17(4-8-19)26-22-21-20(9-14-29-21)24-15-25-22/h1-9,14-15H,10-13H2,(H,24,25,26). The first-order chi connectivity index (χ1) is 14.3. The molecule has 1 fully saturated rings. The van der Waals surface area contributed by atoms with Gasteiger partial charge >= 0.3 is 0 Å². The Morgan fingerprint density at radius 2 is 1.41 bits per heavy atom. The second-order valence-corrected chi connectivity index (χ2v) is 7.90. The third kappa shape index (κ3) is 3.73. The highest BCUT2D eigenvalue weighted by Crippen LogP contribution is 2.28. The Labute approximate surface area is 172 Å². The lowest BCUT2D eigenvalue weighted by Crippen LogP contribution is -2.46. The van der Waals surface area contributed by atoms with Crippen molar-refractivity contribution in [3.8, 4) is 0 Å². The zero-order chi connectivity index (χ0) is 19.6. The number of halogens is 1. The van der Waals surface area contributed by atoms with Gasteiger partial charge in [-0.1, -0.05) is 0 Å². The lowest BCUT2D eigenvalue weighted by Gasteiger charge is -2.37. The van der Waals surface area contributed by atoms with Crippen molar-refractivity contribution in [2.45, 2.75) is 0 Å². The molecular weight excluding hydrogens is 385 g/mol. The molecule has 0 unspecified atom stereocenters. The van der Waals surface area contributed by atoms with E-state index in [1.54, 1.807) is 17.7 Å². The Bertz CT molecular complexity index is 1100. The molecule has 1 saturated heterocycles. The number of nitrogens with zero attached hydrogens (tertiary/aromatic N) is 4. The van der Waals surface area contributed by atoms with Crippen molar-refractivity contribution in [1.29, 1.82) is 0 Å². The number of thiophene rings is 1. The molecule has 0 atom stereocenters. The van der Waals surface area contributed by atoms with Crippen LogP contribution in [0.3, 0.4) is 0 Å². The summed E-state index contributed by atoms with van der Waals surface area (Å²) in [5, 5.41) is 5.43. The summed E-state index contributed by atoms with van der Waals surface area (Å²) in [5.74, 6) is 0.647. The van der Waals surface area contributed by atoms with Crippen LogP contribution >= 0.6 is 11.3 Å². The second kappa shape index (κ2) is 7.67. The molecule has 0 saturated carbocycles. The van der Waals surface area contributed by atoms with Gasteiger partial charge in [0, 0.05) is 43.2 Å². The molecule has 3 heterocycles. The Balaban J connectivity index is 1.24. The number of rotatable bonds is 4. The quantitative estimate of drug-likeness (QED) is 0.523. The van der Waals surface area contributed by atoms with E-state index < -0.39 is 0 Å². The van der Waals surface area contributed by atoms with E-state index in [9.17, 15) is 4.39 Å². The summed E-state index contributed by atoms with van der Waals surface area (Å²) in [6, 6.07) is 17.2. The molecule has 29 heavy (non-hydrogen) atoms. The maximum Gasteiger partial charge on any atom is 0.151 e. The fraction of sp³-hybridized carbons (Fsp3) is 0.182. The van der Waals surface area contributed by atoms with Crippen LogP contribution in [0.5, 0.6) is 0 Å². The topological polar surface area (TPSA) is 44.3 Å². The van der Waals surface area contributed by atoms with E-state index in [0.717, 1.165) is 53.6 Å². The molecule has 2 aromatic carbocycles. The lowest BCUT2D eigenvalue weighted by molar-refractivity contribution is 0.625. The van der Waals surface area contributed by atoms with Crippen molar-refractivity contribution in [2.24, 2.45) is 0 Å². The average Bonchev–Trinajstić information content (AvgIpc) is 3.25. The van der Waals surface area contributed by atoms with Crippen molar-refractivity contribution in [3.63, 3.8) is 0 Å². The predicted octanol–water partition coefficient (Wildman–Crippen LogP) is 4.90. The van der Waals surface area contributed by atoms with Crippen LogP contribution in [0.15, 0.2) is 66.3 Å². The van der Waals surface area contributed by atoms with Crippen LogP contribution in [0.25, 0.3) is 10.2 Å². The van der Waals surface area contributed by atoms with Crippen LogP contribution < -0.4 is 15.1 Å². The zero-order valence-electron chi connectivity index (χ0n) is 15.8. The van der Waals surface area contributed by atoms with Gasteiger partial charge in [-0.25, -0.2) is 14.4 Å². The Morgan fingerprint density at radius 3 is 2.07 bits per heavy atom. The second-order valence-electron chi connectivity index (χ2n) is 6.98. The molecule has 5 nitrogen and oxygen atoms in total. The summed E-state index contributed by atoms with van der Waals surface area (Å²) < 4.78 is 14.2. The number of nitrogens with one attached hydrogen (secondary N) is 1. The zero-order valence-corrected chi connectivity index (χ0v) is 16.6. The van der Waals surface area contributed by atoms with Crippen LogP contribution in [0.2, 0.25) is 0 Å². The molecule has 0 bridgehead atoms. The van der Waals surface area contributed by atoms with Gasteiger partial charge in [0.25, 0.3) is 0 Å². The van der Waals surface area contributed by atoms with E-state index in [1.165, 1.54) is 17.8 Å². The van der Waals surface area contributed by atoms with Gasteiger partial charge in [-0.3, -0.25) is 0 Å². The van der Waals surface area contributed by atoms with Crippen molar-refractivity contribution >= 4 is 44.4 Å². The molecule has 0 radical (unpaired) electrons. The minimum Gasteiger partial charge on any atom is -0.368 e. The van der Waals surface area contributed by atoms with Gasteiger partial charge in [-0.2, -0.15) is 0 Å². The monoisotopic (exact) mass is 405 g/mol. The smallest absolute Gasteiger partial charge is 0.151 e. The summed E-state index contributed by atoms with van der Waals surface area (Å²) in [6.07, 6.45) is 1.59. The number of piperazine rings is 1. The molecule has 4 aromatic rings. The number of hydrogen-bond acceptors (Lipinski definition) is 6. The predicted molar refractivity (Wildman–Crippen MR) is 118 cm³/mol. The third-order valence-electron chi connectivity index (χ3n) is 5.21. The highest BCUT2D eigenvalue weighted by Gasteiger charge is 2.17. The van der Waals surface area contributed by atoms with Crippen molar-refractivity contribution in [1.82, 2.24) is 9.97 Å². The Kier molecular flexibility index (Phi) is 4.73. The van der Waals surface area contributed by atoms with Crippen molar-refractivity contribution < 1.29 is 4.39 Å². The molecule has 7 heteroatoms. The van der Waals surface area contributed by atoms with E-state index >= 15 is 0 Å². The Morgan fingerprint density at radius 1 is 0.793 bits per heavy atom. The molecular formula is C22H20FN5S. The highest BCUT2D eigenvalue weighted by atomic mass is 32.1. The fourth-order valence-corrected chi connectivity index (χ4v) is 4.43. The first-order valence-electron chi connectivity index (χ1n) is 9.57. The Hall–Kier alpha value is -3.19. The van der Waals surface area contributed by atoms with E-state index in [-0.39, 0.29) is 5.82 Å². The van der Waals surface area contributed by atoms with Crippen LogP contribution in [-0.4, -0.2) is 36.1 Å². The molecule has 5 rings (SSSR count). The van der Waals surface area contributed by atoms with Crippen LogP contribution in [0.1, 0.15) is 0 Å². The van der Waals surface area contributed by atoms with E-state index in [2.05, 4.69) is 49.4 Å². The molecule has 0 spiro atoms. The summed E-state index contributed by atoms with van der Waals surface area (Å²) in [6.45, 7) is 3.71. The van der Waals surface area contributed by atoms with E-state index in [4.69, 9.17) is 0 Å². The summed E-state index contributed by atoms with van der Waals surface area (Å²) in [4.78, 5) is 13.3. The van der Waals surface area contributed by atoms with Gasteiger partial charge in [-0.15, -0.1) is 11.3 Å². The van der Waals surface area contributed by atoms with Crippen molar-refractivity contribution in [3.05, 3.63) is 72.1 Å². The highest BCUT2D eigenvalue weighted by molar-refractivity contribution is 7.17. The fourth-order valence-electron chi connectivity index (χ4n) is 3.64. The molecule has 1 N–H and O–H groups in total. The van der Waals surface area contributed by atoms with Crippen LogP contribution in [0.4, 0.5) is 27.3 Å². The van der Waals surface area contributed by atoms with E-state index in [1.807, 2.05) is 23.6 Å². The average molecular weight is 406 g/mol. The van der Waals surface area contributed by atoms with Gasteiger partial charge in [0.15, 0.2) is 5.82 Å². The number of aromatic nitrogens is 2. The molecule has 2 aromatic heterocycles. The van der Waals surface area contributed by atoms with Gasteiger partial charge < -0.3 is 15.1 Å². The molecule has 1 aliphatic heterocycles. The number of fused-ring (bicyclic) bond motifs is 1. The maximum absolute atomic E-state index is 13.1. The maximum atomic E-state index is 13.1. The number of hydrogen-bond donors (Lipinski definition) is 1. The summed E-state index contributed by atoms with van der Waals surface area (Å²) in [7, 11) is 0. The normalized spacial score (nSPS) is 14.4. The first kappa shape index (κ1) is 17.9. The van der Waals surface area contributed by atoms with Gasteiger partial charge in [-0.05, 0) is 60.0 Å². The van der Waals surface area contributed by atoms with Crippen molar-refractivity contribution in [2.75, 3.05) is 41.3 Å². The van der Waals surface area contributed by atoms with Gasteiger partial charge in [0.1, 0.15) is 12.1 Å². The summed E-state index contributed by atoms with van der Waals surface area (Å²) in [5.41, 5.74) is 4.25. The van der Waals surface area contributed by atoms with Crippen LogP contribution in [-0.2, 0) is 0 Å². The molecule has 0 aliphatic carbocycles. The minimum absolute atomic E-state index is 0.192. The third-order valence-corrected chi connectivity index (χ3v) is 6.12. The summed E-state index contributed by atoms with van der Waals surface area (Å²) >= 11 is 1.64. The molecule has 1 aliphatic rings. The SMILES string of the molecule is Fc1ccc(N2CCN(c3ccc(Nc4ncnc5ccsc45)cc3)CC2)cc1. The molecule has 0 amide bonds. The number of anilines is 4. The lowest BCUT2D eigenvalue weighted by atomic mass is 10.2. The van der Waals surface area contributed by atoms with Gasteiger partial charge in [0.2, 0.25) is 0 Å². The molecule has 146 valence electrons. The van der Waals surface area contributed by atoms with E-state index in [0.29, 0.717) is 0 Å². The number of benzene rings is 2. The first-order valence-corrected chi connectivity index (χ1v) is 10.4. The van der Waals surface area contributed by atoms with Crippen LogP contribution in [0, 0.1) is 5.82 Å².